The minimum absolute atomic E-state index is 0.162. The Morgan fingerprint density at radius 2 is 2.19 bits per heavy atom. The summed E-state index contributed by atoms with van der Waals surface area (Å²) in [5, 5.41) is 0. The molecule has 1 saturated heterocycles. The molecule has 116 valence electrons. The van der Waals surface area contributed by atoms with Crippen LogP contribution in [0.15, 0.2) is 37.0 Å². The molecule has 2 amide bonds. The average molecular weight is 291 g/mol. The van der Waals surface area contributed by atoms with Crippen molar-refractivity contribution in [2.75, 3.05) is 6.61 Å². The Morgan fingerprint density at radius 3 is 2.81 bits per heavy atom. The topological polar surface area (TPSA) is 46.6 Å². The second kappa shape index (κ2) is 8.45. The largest absolute Gasteiger partial charge is 0.447 e. The van der Waals surface area contributed by atoms with Gasteiger partial charge in [0.1, 0.15) is 6.61 Å². The summed E-state index contributed by atoms with van der Waals surface area (Å²) in [6, 6.07) is -0.162. The van der Waals surface area contributed by atoms with Gasteiger partial charge in [-0.1, -0.05) is 44.7 Å². The van der Waals surface area contributed by atoms with Crippen LogP contribution in [0.25, 0.3) is 0 Å². The lowest BCUT2D eigenvalue weighted by atomic mass is 10.0. The van der Waals surface area contributed by atoms with E-state index in [4.69, 9.17) is 4.74 Å². The maximum Gasteiger partial charge on any atom is 0.417 e. The summed E-state index contributed by atoms with van der Waals surface area (Å²) in [7, 11) is 0. The average Bonchev–Trinajstić information content (AvgIpc) is 2.84. The Kier molecular flexibility index (Phi) is 6.92. The summed E-state index contributed by atoms with van der Waals surface area (Å²) in [5.74, 6) is -0.0922. The van der Waals surface area contributed by atoms with Gasteiger partial charge in [0.15, 0.2) is 0 Å². The van der Waals surface area contributed by atoms with Gasteiger partial charge in [-0.25, -0.2) is 9.69 Å². The third-order valence-electron chi connectivity index (χ3n) is 3.58. The molecule has 0 N–H and O–H groups in total. The van der Waals surface area contributed by atoms with Gasteiger partial charge in [0.25, 0.3) is 5.91 Å². The number of cyclic esters (lactones) is 1. The van der Waals surface area contributed by atoms with Crippen molar-refractivity contribution in [2.45, 2.75) is 45.6 Å². The molecule has 21 heavy (non-hydrogen) atoms. The van der Waals surface area contributed by atoms with Crippen LogP contribution >= 0.6 is 0 Å². The van der Waals surface area contributed by atoms with Crippen molar-refractivity contribution >= 4 is 12.0 Å². The molecule has 0 saturated carbocycles. The lowest BCUT2D eigenvalue weighted by Crippen LogP contribution is -2.40. The van der Waals surface area contributed by atoms with E-state index in [-0.39, 0.29) is 17.9 Å². The molecule has 0 bridgehead atoms. The molecular weight excluding hydrogens is 266 g/mol. The van der Waals surface area contributed by atoms with Crippen LogP contribution in [-0.2, 0) is 9.53 Å². The number of hydrogen-bond donors (Lipinski definition) is 0. The Balaban J connectivity index is 2.38. The molecule has 0 radical (unpaired) electrons. The van der Waals surface area contributed by atoms with E-state index in [1.54, 1.807) is 6.08 Å². The smallest absolute Gasteiger partial charge is 0.417 e. The maximum atomic E-state index is 12.1. The fourth-order valence-electron chi connectivity index (χ4n) is 2.16. The molecule has 0 unspecified atom stereocenters. The van der Waals surface area contributed by atoms with Crippen LogP contribution in [-0.4, -0.2) is 29.5 Å². The molecule has 0 aromatic rings. The summed E-state index contributed by atoms with van der Waals surface area (Å²) in [5.41, 5.74) is 1.04. The Hall–Kier alpha value is -1.84. The first-order chi connectivity index (χ1) is 9.97. The monoisotopic (exact) mass is 291 g/mol. The molecule has 1 atom stereocenters. The van der Waals surface area contributed by atoms with Gasteiger partial charge in [-0.2, -0.15) is 0 Å². The number of nitrogens with zero attached hydrogens (tertiary/aromatic N) is 1. The second-order valence-electron chi connectivity index (χ2n) is 5.61. The Bertz CT molecular complexity index is 437. The van der Waals surface area contributed by atoms with E-state index in [0.29, 0.717) is 6.61 Å². The van der Waals surface area contributed by atoms with Crippen LogP contribution in [0.3, 0.4) is 0 Å². The molecule has 4 heteroatoms. The highest BCUT2D eigenvalue weighted by Crippen LogP contribution is 2.20. The van der Waals surface area contributed by atoms with Gasteiger partial charge in [0, 0.05) is 0 Å². The molecular formula is C17H25NO3. The summed E-state index contributed by atoms with van der Waals surface area (Å²) in [6.45, 7) is 11.8. The van der Waals surface area contributed by atoms with E-state index in [1.165, 1.54) is 11.0 Å². The summed E-state index contributed by atoms with van der Waals surface area (Å²) in [6.07, 6.45) is 8.27. The van der Waals surface area contributed by atoms with Gasteiger partial charge in [0.05, 0.1) is 6.04 Å². The maximum absolute atomic E-state index is 12.1. The van der Waals surface area contributed by atoms with Gasteiger partial charge >= 0.3 is 6.09 Å². The quantitative estimate of drug-likeness (QED) is 0.388. The molecule has 1 aliphatic rings. The van der Waals surface area contributed by atoms with E-state index >= 15 is 0 Å². The Labute approximate surface area is 127 Å². The lowest BCUT2D eigenvalue weighted by Gasteiger charge is -2.20. The van der Waals surface area contributed by atoms with Gasteiger partial charge < -0.3 is 4.74 Å². The third kappa shape index (κ3) is 5.21. The van der Waals surface area contributed by atoms with Crippen LogP contribution in [0, 0.1) is 5.92 Å². The van der Waals surface area contributed by atoms with Gasteiger partial charge in [-0.15, -0.1) is 0 Å². The van der Waals surface area contributed by atoms with E-state index in [0.717, 1.165) is 31.3 Å². The van der Waals surface area contributed by atoms with Gasteiger partial charge in [-0.3, -0.25) is 4.79 Å². The number of rotatable bonds is 8. The molecule has 1 rings (SSSR count). The minimum Gasteiger partial charge on any atom is -0.447 e. The Morgan fingerprint density at radius 1 is 1.48 bits per heavy atom. The number of hydrogen-bond acceptors (Lipinski definition) is 3. The second-order valence-corrected chi connectivity index (χ2v) is 5.61. The number of allylic oxidation sites excluding steroid dienone is 3. The normalized spacial score (nSPS) is 18.3. The lowest BCUT2D eigenvalue weighted by molar-refractivity contribution is -0.124. The highest BCUT2D eigenvalue weighted by Gasteiger charge is 2.38. The van der Waals surface area contributed by atoms with Crippen LogP contribution in [0.1, 0.15) is 39.5 Å². The number of unbranched alkanes of at least 4 members (excludes halogenated alkanes) is 2. The predicted octanol–water partition coefficient (Wildman–Crippen LogP) is 3.85. The molecule has 1 heterocycles. The molecule has 0 spiro atoms. The highest BCUT2D eigenvalue weighted by atomic mass is 16.6. The molecule has 1 fully saturated rings. The fourth-order valence-corrected chi connectivity index (χ4v) is 2.16. The van der Waals surface area contributed by atoms with Crippen molar-refractivity contribution in [3.63, 3.8) is 0 Å². The number of imide groups is 1. The summed E-state index contributed by atoms with van der Waals surface area (Å²) < 4.78 is 4.96. The van der Waals surface area contributed by atoms with Crippen molar-refractivity contribution in [1.29, 1.82) is 0 Å². The molecule has 0 aromatic carbocycles. The zero-order valence-corrected chi connectivity index (χ0v) is 13.0. The molecule has 4 nitrogen and oxygen atoms in total. The van der Waals surface area contributed by atoms with Crippen LogP contribution in [0.5, 0.6) is 0 Å². The van der Waals surface area contributed by atoms with Crippen LogP contribution in [0.2, 0.25) is 0 Å². The van der Waals surface area contributed by atoms with Crippen molar-refractivity contribution < 1.29 is 14.3 Å². The highest BCUT2D eigenvalue weighted by molar-refractivity contribution is 5.99. The first kappa shape index (κ1) is 17.2. The van der Waals surface area contributed by atoms with E-state index in [2.05, 4.69) is 13.2 Å². The van der Waals surface area contributed by atoms with E-state index < -0.39 is 6.09 Å². The van der Waals surface area contributed by atoms with Crippen molar-refractivity contribution in [3.8, 4) is 0 Å². The number of amides is 2. The third-order valence-corrected chi connectivity index (χ3v) is 3.58. The SMILES string of the molecule is C=CC(=C)CCCC/C=C/C(=O)N1C(=O)OC[C@H]1C(C)C. The standard InChI is InChI=1S/C17H25NO3/c1-5-14(4)10-8-6-7-9-11-16(19)18-15(13(2)3)12-21-17(18)20/h5,9,11,13,15H,1,4,6-8,10,12H2,2-3H3/b11-9+/t15-/m0/s1. The minimum atomic E-state index is -0.536. The fraction of sp³-hybridized carbons (Fsp3) is 0.529. The molecule has 1 aliphatic heterocycles. The van der Waals surface area contributed by atoms with Crippen molar-refractivity contribution in [2.24, 2.45) is 5.92 Å². The number of carbonyl (C=O) groups is 2. The van der Waals surface area contributed by atoms with Crippen molar-refractivity contribution in [3.05, 3.63) is 37.0 Å². The zero-order valence-electron chi connectivity index (χ0n) is 13.0. The first-order valence-electron chi connectivity index (χ1n) is 7.44. The number of ether oxygens (including phenoxy) is 1. The van der Waals surface area contributed by atoms with Gasteiger partial charge in [-0.05, 0) is 37.7 Å². The zero-order chi connectivity index (χ0) is 15.8. The first-order valence-corrected chi connectivity index (χ1v) is 7.44. The van der Waals surface area contributed by atoms with Crippen LogP contribution < -0.4 is 0 Å². The molecule has 0 aromatic heterocycles. The van der Waals surface area contributed by atoms with Gasteiger partial charge in [0.2, 0.25) is 0 Å². The van der Waals surface area contributed by atoms with Crippen LogP contribution in [0.4, 0.5) is 4.79 Å². The van der Waals surface area contributed by atoms with Crippen molar-refractivity contribution in [1.82, 2.24) is 4.90 Å². The summed E-state index contributed by atoms with van der Waals surface area (Å²) >= 11 is 0. The summed E-state index contributed by atoms with van der Waals surface area (Å²) in [4.78, 5) is 24.9. The van der Waals surface area contributed by atoms with E-state index in [9.17, 15) is 9.59 Å². The number of carbonyl (C=O) groups excluding carboxylic acids is 2. The van der Waals surface area contributed by atoms with E-state index in [1.807, 2.05) is 19.9 Å². The predicted molar refractivity (Wildman–Crippen MR) is 83.8 cm³/mol. The molecule has 0 aliphatic carbocycles.